The van der Waals surface area contributed by atoms with Gasteiger partial charge in [-0.1, -0.05) is 18.2 Å². The van der Waals surface area contributed by atoms with Crippen LogP contribution in [0.4, 0.5) is 0 Å². The average molecular weight is 281 g/mol. The van der Waals surface area contributed by atoms with Crippen molar-refractivity contribution < 1.29 is 39.5 Å². The molecule has 0 N–H and O–H groups in total. The van der Waals surface area contributed by atoms with Crippen LogP contribution in [0, 0.1) is 0 Å². The molecule has 1 aromatic rings. The summed E-state index contributed by atoms with van der Waals surface area (Å²) in [6, 6.07) is 7.59. The first kappa shape index (κ1) is 11.7. The minimum atomic E-state index is -4.63. The van der Waals surface area contributed by atoms with Crippen LogP contribution >= 0.6 is 0 Å². The maximum atomic E-state index is 10.0. The van der Waals surface area contributed by atoms with Gasteiger partial charge in [-0.2, -0.15) is 0 Å². The van der Waals surface area contributed by atoms with Crippen molar-refractivity contribution in [2.24, 2.45) is 0 Å². The molecule has 0 aliphatic carbocycles. The van der Waals surface area contributed by atoms with Crippen LogP contribution in [-0.2, 0) is 32.8 Å². The number of hydrogen-bond donors (Lipinski definition) is 0. The molecule has 4 nitrogen and oxygen atoms in total. The van der Waals surface area contributed by atoms with E-state index in [1.54, 1.807) is 18.2 Å². The zero-order valence-electron chi connectivity index (χ0n) is 5.73. The molecule has 0 aliphatic rings. The van der Waals surface area contributed by atoms with Crippen LogP contribution < -0.4 is 4.18 Å². The molecule has 0 unspecified atom stereocenters. The third-order valence-corrected chi connectivity index (χ3v) is 1.34. The molecule has 0 spiro atoms. The van der Waals surface area contributed by atoms with Crippen molar-refractivity contribution in [2.75, 3.05) is 0 Å². The Morgan fingerprint density at radius 1 is 1.17 bits per heavy atom. The van der Waals surface area contributed by atoms with E-state index in [-0.39, 0.29) is 28.1 Å². The van der Waals surface area contributed by atoms with E-state index in [2.05, 4.69) is 4.18 Å². The maximum Gasteiger partial charge on any atom is 1.00 e. The molecule has 0 saturated heterocycles. The average Bonchev–Trinajstić information content (AvgIpc) is 1.85. The number of rotatable bonds is 2. The van der Waals surface area contributed by atoms with Crippen LogP contribution in [0.2, 0.25) is 0 Å². The van der Waals surface area contributed by atoms with E-state index in [4.69, 9.17) is 0 Å². The summed E-state index contributed by atoms with van der Waals surface area (Å²) in [4.78, 5) is 0. The summed E-state index contributed by atoms with van der Waals surface area (Å²) in [5, 5.41) is 0. The van der Waals surface area contributed by atoms with Gasteiger partial charge in [0.05, 0.1) is 0 Å². The summed E-state index contributed by atoms with van der Waals surface area (Å²) in [5.74, 6) is 0.0301. The van der Waals surface area contributed by atoms with Crippen LogP contribution in [0.5, 0.6) is 5.75 Å². The molecule has 0 aromatic heterocycles. The monoisotopic (exact) mass is 280 g/mol. The molecule has 0 radical (unpaired) electrons. The molecule has 12 heavy (non-hydrogen) atoms. The van der Waals surface area contributed by atoms with E-state index in [0.717, 1.165) is 0 Å². The molecule has 0 saturated carbocycles. The fourth-order valence-electron chi connectivity index (χ4n) is 0.594. The molecule has 0 amide bonds. The number of para-hydroxylation sites is 1. The largest absolute Gasteiger partial charge is 1.00 e. The zero-order valence-corrected chi connectivity index (χ0v) is 8.03. The molecule has 1 aromatic carbocycles. The molecule has 0 aliphatic heterocycles. The third-order valence-electron chi connectivity index (χ3n) is 0.941. The molecule has 0 atom stereocenters. The van der Waals surface area contributed by atoms with E-state index >= 15 is 0 Å². The van der Waals surface area contributed by atoms with Gasteiger partial charge in [0.15, 0.2) is 0 Å². The van der Waals surface area contributed by atoms with E-state index < -0.39 is 10.4 Å². The number of benzene rings is 1. The molecule has 70 valence electrons. The van der Waals surface area contributed by atoms with Crippen LogP contribution in [-0.4, -0.2) is 13.0 Å². The Balaban J connectivity index is 0.00000121. The third kappa shape index (κ3) is 4.53. The Kier molecular flexibility index (Phi) is 4.51. The smallest absolute Gasteiger partial charge is 0.716 e. The first-order valence-corrected chi connectivity index (χ1v) is 4.11. The molecular weight excluding hydrogens is 276 g/mol. The summed E-state index contributed by atoms with van der Waals surface area (Å²) in [6.07, 6.45) is 0. The van der Waals surface area contributed by atoms with Gasteiger partial charge in [-0.15, -0.1) is 0 Å². The van der Waals surface area contributed by atoms with Crippen LogP contribution in [0.3, 0.4) is 0 Å². The van der Waals surface area contributed by atoms with Crippen LogP contribution in [0.25, 0.3) is 0 Å². The fraction of sp³-hybridized carbons (Fsp3) is 0. The van der Waals surface area contributed by atoms with Gasteiger partial charge in [0.25, 0.3) is 10.4 Å². The van der Waals surface area contributed by atoms with Gasteiger partial charge in [0.2, 0.25) is 0 Å². The van der Waals surface area contributed by atoms with Gasteiger partial charge in [-0.05, 0) is 12.1 Å². The topological polar surface area (TPSA) is 66.4 Å². The molecule has 1 rings (SSSR count). The van der Waals surface area contributed by atoms with E-state index in [1.165, 1.54) is 12.1 Å². The maximum absolute atomic E-state index is 10.0. The predicted molar refractivity (Wildman–Crippen MR) is 36.8 cm³/mol. The van der Waals surface area contributed by atoms with Crippen LogP contribution in [0.1, 0.15) is 0 Å². The van der Waals surface area contributed by atoms with E-state index in [0.29, 0.717) is 0 Å². The van der Waals surface area contributed by atoms with E-state index in [9.17, 15) is 13.0 Å². The van der Waals surface area contributed by atoms with Crippen molar-refractivity contribution in [1.29, 1.82) is 0 Å². The van der Waals surface area contributed by atoms with Crippen molar-refractivity contribution in [3.8, 4) is 5.75 Å². The SMILES string of the molecule is O=S(=O)([O-])Oc1ccccc1.[Ag+]. The first-order chi connectivity index (χ1) is 5.08. The van der Waals surface area contributed by atoms with Crippen LogP contribution in [0.15, 0.2) is 30.3 Å². The fourth-order valence-corrected chi connectivity index (χ4v) is 0.941. The Hall–Kier alpha value is -0.330. The molecular formula is C6H5AgO4S. The predicted octanol–water partition coefficient (Wildman–Crippen LogP) is 0.523. The van der Waals surface area contributed by atoms with Gasteiger partial charge in [0.1, 0.15) is 5.75 Å². The Morgan fingerprint density at radius 2 is 1.67 bits per heavy atom. The van der Waals surface area contributed by atoms with Crippen molar-refractivity contribution >= 4 is 10.4 Å². The van der Waals surface area contributed by atoms with Crippen molar-refractivity contribution in [3.63, 3.8) is 0 Å². The van der Waals surface area contributed by atoms with Gasteiger partial charge in [-0.3, -0.25) is 0 Å². The van der Waals surface area contributed by atoms with E-state index in [1.807, 2.05) is 0 Å². The Bertz CT molecular complexity index is 321. The summed E-state index contributed by atoms with van der Waals surface area (Å²) in [7, 11) is -4.63. The minimum Gasteiger partial charge on any atom is -0.716 e. The number of hydrogen-bond acceptors (Lipinski definition) is 4. The van der Waals surface area contributed by atoms with Gasteiger partial charge in [-0.25, -0.2) is 8.42 Å². The zero-order chi connectivity index (χ0) is 8.32. The molecule has 0 fully saturated rings. The van der Waals surface area contributed by atoms with Gasteiger partial charge < -0.3 is 8.74 Å². The summed E-state index contributed by atoms with van der Waals surface area (Å²) in [6.45, 7) is 0. The summed E-state index contributed by atoms with van der Waals surface area (Å²) in [5.41, 5.74) is 0. The van der Waals surface area contributed by atoms with Gasteiger partial charge in [0, 0.05) is 0 Å². The Morgan fingerprint density at radius 3 is 2.08 bits per heavy atom. The summed E-state index contributed by atoms with van der Waals surface area (Å²) < 4.78 is 34.1. The second-order valence-electron chi connectivity index (χ2n) is 1.80. The second-order valence-corrected chi connectivity index (χ2v) is 2.79. The minimum absolute atomic E-state index is 0. The molecule has 0 heterocycles. The standard InChI is InChI=1S/C6H6O4S.Ag/c7-11(8,9)10-6-4-2-1-3-5-6;/h1-5H,(H,7,8,9);/q;+1/p-1. The Labute approximate surface area is 86.0 Å². The molecule has 6 heteroatoms. The second kappa shape index (κ2) is 4.64. The molecule has 0 bridgehead atoms. The van der Waals surface area contributed by atoms with Crippen molar-refractivity contribution in [3.05, 3.63) is 30.3 Å². The van der Waals surface area contributed by atoms with Crippen molar-refractivity contribution in [2.45, 2.75) is 0 Å². The normalized spacial score (nSPS) is 10.1. The van der Waals surface area contributed by atoms with Gasteiger partial charge >= 0.3 is 22.4 Å². The quantitative estimate of drug-likeness (QED) is 0.450. The summed E-state index contributed by atoms with van der Waals surface area (Å²) >= 11 is 0. The first-order valence-electron chi connectivity index (χ1n) is 2.78. The van der Waals surface area contributed by atoms with Crippen molar-refractivity contribution in [1.82, 2.24) is 0 Å².